The summed E-state index contributed by atoms with van der Waals surface area (Å²) in [4.78, 5) is 6.32. The van der Waals surface area contributed by atoms with Crippen molar-refractivity contribution in [3.8, 4) is 0 Å². The van der Waals surface area contributed by atoms with E-state index in [9.17, 15) is 9.50 Å². The van der Waals surface area contributed by atoms with Gasteiger partial charge in [0.1, 0.15) is 11.6 Å². The van der Waals surface area contributed by atoms with Gasteiger partial charge in [-0.1, -0.05) is 26.0 Å². The van der Waals surface area contributed by atoms with E-state index in [0.29, 0.717) is 30.5 Å². The van der Waals surface area contributed by atoms with Crippen molar-refractivity contribution in [1.82, 2.24) is 9.88 Å². The van der Waals surface area contributed by atoms with Gasteiger partial charge in [-0.05, 0) is 30.5 Å². The Labute approximate surface area is 130 Å². The summed E-state index contributed by atoms with van der Waals surface area (Å²) < 4.78 is 18.5. The standard InChI is InChI=1S/C17H23FN2O2/c1-12(2)9-20(11-17-19-8-13(3)22-17)10-16(21)14-4-6-15(18)7-5-14/h4-8,12,16,21H,9-11H2,1-3H3. The molecule has 1 aromatic carbocycles. The molecule has 0 aliphatic carbocycles. The van der Waals surface area contributed by atoms with Crippen LogP contribution < -0.4 is 0 Å². The highest BCUT2D eigenvalue weighted by molar-refractivity contribution is 5.18. The average molecular weight is 306 g/mol. The average Bonchev–Trinajstić information content (AvgIpc) is 2.84. The molecule has 0 aliphatic heterocycles. The molecule has 120 valence electrons. The summed E-state index contributed by atoms with van der Waals surface area (Å²) in [6.45, 7) is 7.92. The quantitative estimate of drug-likeness (QED) is 0.852. The lowest BCUT2D eigenvalue weighted by Gasteiger charge is -2.25. The van der Waals surface area contributed by atoms with E-state index < -0.39 is 6.10 Å². The molecule has 0 amide bonds. The summed E-state index contributed by atoms with van der Waals surface area (Å²) in [5.74, 6) is 1.57. The molecule has 0 spiro atoms. The maximum absolute atomic E-state index is 13.0. The zero-order valence-corrected chi connectivity index (χ0v) is 13.3. The summed E-state index contributed by atoms with van der Waals surface area (Å²) in [7, 11) is 0. The van der Waals surface area contributed by atoms with Crippen molar-refractivity contribution >= 4 is 0 Å². The second kappa shape index (κ2) is 7.51. The molecular weight excluding hydrogens is 283 g/mol. The molecular formula is C17H23FN2O2. The van der Waals surface area contributed by atoms with E-state index in [4.69, 9.17) is 4.42 Å². The molecule has 4 nitrogen and oxygen atoms in total. The first-order valence-electron chi connectivity index (χ1n) is 7.51. The summed E-state index contributed by atoms with van der Waals surface area (Å²) in [6, 6.07) is 5.96. The van der Waals surface area contributed by atoms with Crippen LogP contribution >= 0.6 is 0 Å². The van der Waals surface area contributed by atoms with E-state index in [1.54, 1.807) is 18.3 Å². The van der Waals surface area contributed by atoms with Crippen LogP contribution in [0.1, 0.15) is 37.2 Å². The second-order valence-corrected chi connectivity index (χ2v) is 6.02. The molecule has 22 heavy (non-hydrogen) atoms. The second-order valence-electron chi connectivity index (χ2n) is 6.02. The van der Waals surface area contributed by atoms with E-state index in [2.05, 4.69) is 23.7 Å². The third-order valence-electron chi connectivity index (χ3n) is 3.34. The minimum Gasteiger partial charge on any atom is -0.445 e. The largest absolute Gasteiger partial charge is 0.445 e. The van der Waals surface area contributed by atoms with E-state index >= 15 is 0 Å². The highest BCUT2D eigenvalue weighted by Crippen LogP contribution is 2.17. The smallest absolute Gasteiger partial charge is 0.208 e. The van der Waals surface area contributed by atoms with Gasteiger partial charge < -0.3 is 9.52 Å². The van der Waals surface area contributed by atoms with Crippen LogP contribution in [-0.4, -0.2) is 28.1 Å². The molecule has 1 atom stereocenters. The molecule has 2 rings (SSSR count). The molecule has 0 bridgehead atoms. The number of oxazole rings is 1. The zero-order chi connectivity index (χ0) is 16.1. The number of aryl methyl sites for hydroxylation is 1. The van der Waals surface area contributed by atoms with Crippen LogP contribution in [0.25, 0.3) is 0 Å². The van der Waals surface area contributed by atoms with Gasteiger partial charge in [-0.3, -0.25) is 4.90 Å². The van der Waals surface area contributed by atoms with Crippen molar-refractivity contribution in [2.75, 3.05) is 13.1 Å². The van der Waals surface area contributed by atoms with Crippen LogP contribution in [-0.2, 0) is 6.54 Å². The third kappa shape index (κ3) is 4.93. The van der Waals surface area contributed by atoms with Crippen molar-refractivity contribution in [3.05, 3.63) is 53.5 Å². The zero-order valence-electron chi connectivity index (χ0n) is 13.3. The Kier molecular flexibility index (Phi) is 5.69. The lowest BCUT2D eigenvalue weighted by Crippen LogP contribution is -2.31. The van der Waals surface area contributed by atoms with Crippen molar-refractivity contribution in [3.63, 3.8) is 0 Å². The van der Waals surface area contributed by atoms with E-state index in [-0.39, 0.29) is 5.82 Å². The molecule has 0 saturated heterocycles. The van der Waals surface area contributed by atoms with Gasteiger partial charge in [0.15, 0.2) is 0 Å². The molecule has 0 fully saturated rings. The number of nitrogens with zero attached hydrogens (tertiary/aromatic N) is 2. The van der Waals surface area contributed by atoms with Crippen molar-refractivity contribution < 1.29 is 13.9 Å². The summed E-state index contributed by atoms with van der Waals surface area (Å²) in [5.41, 5.74) is 0.707. The first-order valence-corrected chi connectivity index (χ1v) is 7.51. The molecule has 2 aromatic rings. The number of rotatable bonds is 7. The lowest BCUT2D eigenvalue weighted by molar-refractivity contribution is 0.0960. The maximum atomic E-state index is 13.0. The van der Waals surface area contributed by atoms with Gasteiger partial charge in [0.2, 0.25) is 5.89 Å². The number of aliphatic hydroxyl groups excluding tert-OH is 1. The van der Waals surface area contributed by atoms with E-state index in [1.165, 1.54) is 12.1 Å². The molecule has 1 aromatic heterocycles. The maximum Gasteiger partial charge on any atom is 0.208 e. The summed E-state index contributed by atoms with van der Waals surface area (Å²) in [5, 5.41) is 10.4. The Morgan fingerprint density at radius 1 is 1.23 bits per heavy atom. The number of aliphatic hydroxyl groups is 1. The highest BCUT2D eigenvalue weighted by Gasteiger charge is 2.17. The van der Waals surface area contributed by atoms with Gasteiger partial charge in [-0.15, -0.1) is 0 Å². The van der Waals surface area contributed by atoms with E-state index in [0.717, 1.165) is 12.3 Å². The van der Waals surface area contributed by atoms with Gasteiger partial charge in [0.25, 0.3) is 0 Å². The van der Waals surface area contributed by atoms with Gasteiger partial charge in [0.05, 0.1) is 18.8 Å². The Hall–Kier alpha value is -1.72. The predicted molar refractivity (Wildman–Crippen MR) is 82.7 cm³/mol. The van der Waals surface area contributed by atoms with E-state index in [1.807, 2.05) is 6.92 Å². The van der Waals surface area contributed by atoms with Crippen LogP contribution in [0.15, 0.2) is 34.9 Å². The minimum absolute atomic E-state index is 0.301. The van der Waals surface area contributed by atoms with Crippen LogP contribution in [0.4, 0.5) is 4.39 Å². The Morgan fingerprint density at radius 3 is 2.45 bits per heavy atom. The molecule has 1 N–H and O–H groups in total. The predicted octanol–water partition coefficient (Wildman–Crippen LogP) is 3.31. The molecule has 0 radical (unpaired) electrons. The number of hydrogen-bond acceptors (Lipinski definition) is 4. The van der Waals surface area contributed by atoms with Crippen LogP contribution in [0, 0.1) is 18.7 Å². The normalized spacial score (nSPS) is 13.0. The van der Waals surface area contributed by atoms with Crippen molar-refractivity contribution in [2.24, 2.45) is 5.92 Å². The summed E-state index contributed by atoms with van der Waals surface area (Å²) >= 11 is 0. The minimum atomic E-state index is -0.671. The van der Waals surface area contributed by atoms with Crippen molar-refractivity contribution in [1.29, 1.82) is 0 Å². The van der Waals surface area contributed by atoms with Crippen LogP contribution in [0.5, 0.6) is 0 Å². The number of benzene rings is 1. The van der Waals surface area contributed by atoms with Gasteiger partial charge >= 0.3 is 0 Å². The number of hydrogen-bond donors (Lipinski definition) is 1. The van der Waals surface area contributed by atoms with Crippen LogP contribution in [0.3, 0.4) is 0 Å². The molecule has 0 saturated carbocycles. The SMILES string of the molecule is Cc1cnc(CN(CC(C)C)CC(O)c2ccc(F)cc2)o1. The lowest BCUT2D eigenvalue weighted by atomic mass is 10.1. The fourth-order valence-electron chi connectivity index (χ4n) is 2.42. The topological polar surface area (TPSA) is 49.5 Å². The molecule has 5 heteroatoms. The van der Waals surface area contributed by atoms with Crippen LogP contribution in [0.2, 0.25) is 0 Å². The Bertz CT molecular complexity index is 581. The molecule has 0 aliphatic rings. The fourth-order valence-corrected chi connectivity index (χ4v) is 2.42. The molecule has 1 heterocycles. The monoisotopic (exact) mass is 306 g/mol. The fraction of sp³-hybridized carbons (Fsp3) is 0.471. The number of halogens is 1. The van der Waals surface area contributed by atoms with Gasteiger partial charge in [0, 0.05) is 13.1 Å². The third-order valence-corrected chi connectivity index (χ3v) is 3.34. The molecule has 1 unspecified atom stereocenters. The number of aromatic nitrogens is 1. The Balaban J connectivity index is 2.03. The van der Waals surface area contributed by atoms with Crippen molar-refractivity contribution in [2.45, 2.75) is 33.4 Å². The summed E-state index contributed by atoms with van der Waals surface area (Å²) in [6.07, 6.45) is 1.02. The Morgan fingerprint density at radius 2 is 1.91 bits per heavy atom. The first kappa shape index (κ1) is 16.6. The van der Waals surface area contributed by atoms with Gasteiger partial charge in [-0.25, -0.2) is 9.37 Å². The first-order chi connectivity index (χ1) is 10.4. The van der Waals surface area contributed by atoms with Gasteiger partial charge in [-0.2, -0.15) is 0 Å². The highest BCUT2D eigenvalue weighted by atomic mass is 19.1.